The molecule has 0 fully saturated rings. The molecule has 0 aliphatic carbocycles. The molecule has 0 N–H and O–H groups in total. The molecule has 0 aromatic carbocycles. The summed E-state index contributed by atoms with van der Waals surface area (Å²) in [4.78, 5) is 6.91. The molecule has 0 saturated carbocycles. The van der Waals surface area contributed by atoms with Crippen LogP contribution in [0, 0.1) is 0 Å². The van der Waals surface area contributed by atoms with Crippen LogP contribution in [0.15, 0.2) is 17.5 Å². The standard InChI is InChI=1S/C48H85N2S3Si4.3C4H9.Sn/c1-11-13-15-17-19-21-23-25-27-29-31-41-33-35-51-45(41)47-43-44(50-56(7,8)39-37-54(3,4)49(43)55(5,6)38-40-57(50,9)10)48(53-47)46-42(34-36-52-46)32-30-28-26-24-22-20-18-16-14-12-2;3*1-3-4-2;/h33-35H,11-32,37-40H2,1-10H3;3*1,3-4H2,2H3;. The predicted molar refractivity (Wildman–Crippen MR) is 341 cm³/mol. The summed E-state index contributed by atoms with van der Waals surface area (Å²) in [6.45, 7) is 34.8. The minimum atomic E-state index is -2.74. The summed E-state index contributed by atoms with van der Waals surface area (Å²) in [5.41, 5.74) is 7.05. The summed E-state index contributed by atoms with van der Waals surface area (Å²) in [5.74, 6) is 0. The number of rotatable bonds is 34. The van der Waals surface area contributed by atoms with E-state index in [1.807, 2.05) is 2.89 Å². The molecule has 2 nitrogen and oxygen atoms in total. The van der Waals surface area contributed by atoms with Gasteiger partial charge < -0.3 is 0 Å². The van der Waals surface area contributed by atoms with Gasteiger partial charge >= 0.3 is 389 Å². The first-order valence-corrected chi connectivity index (χ1v) is 53.1. The van der Waals surface area contributed by atoms with E-state index in [1.165, 1.54) is 204 Å². The quantitative estimate of drug-likeness (QED) is 0.0434. The minimum absolute atomic E-state index is 1.25. The van der Waals surface area contributed by atoms with Gasteiger partial charge in [-0.15, -0.1) is 0 Å². The third-order valence-electron chi connectivity index (χ3n) is 17.5. The van der Waals surface area contributed by atoms with Crippen molar-refractivity contribution in [2.24, 2.45) is 0 Å². The first kappa shape index (κ1) is 61.2. The summed E-state index contributed by atoms with van der Waals surface area (Å²) in [6, 6.07) is 11.4. The van der Waals surface area contributed by atoms with Crippen LogP contribution >= 0.6 is 34.0 Å². The number of thiophene rings is 3. The van der Waals surface area contributed by atoms with Gasteiger partial charge in [-0.05, 0) is 0 Å². The van der Waals surface area contributed by atoms with Crippen molar-refractivity contribution >= 4 is 99.6 Å². The van der Waals surface area contributed by atoms with Crippen molar-refractivity contribution in [1.29, 1.82) is 0 Å². The molecule has 0 saturated heterocycles. The second-order valence-corrected chi connectivity index (χ2v) is 61.9. The fourth-order valence-corrected chi connectivity index (χ4v) is 65.1. The molecule has 0 radical (unpaired) electrons. The van der Waals surface area contributed by atoms with Gasteiger partial charge in [-0.25, -0.2) is 0 Å². The zero-order valence-corrected chi connectivity index (χ0v) is 57.9. The Balaban J connectivity index is 1.69. The van der Waals surface area contributed by atoms with Crippen LogP contribution in [0.1, 0.15) is 213 Å². The van der Waals surface area contributed by atoms with Gasteiger partial charge in [0.15, 0.2) is 0 Å². The average molecular weight is 1190 g/mol. The van der Waals surface area contributed by atoms with Crippen molar-refractivity contribution in [3.63, 3.8) is 0 Å². The van der Waals surface area contributed by atoms with Crippen LogP contribution in [0.3, 0.4) is 0 Å². The van der Waals surface area contributed by atoms with Crippen LogP contribution in [0.25, 0.3) is 19.5 Å². The molecule has 0 spiro atoms. The van der Waals surface area contributed by atoms with E-state index in [9.17, 15) is 0 Å². The van der Waals surface area contributed by atoms with Gasteiger partial charge in [0, 0.05) is 0 Å². The van der Waals surface area contributed by atoms with Gasteiger partial charge in [-0.3, -0.25) is 0 Å². The normalized spacial score (nSPS) is 17.4. The Morgan fingerprint density at radius 2 is 0.743 bits per heavy atom. The van der Waals surface area contributed by atoms with Gasteiger partial charge in [-0.1, -0.05) is 71.6 Å². The van der Waals surface area contributed by atoms with E-state index in [0.29, 0.717) is 0 Å². The second kappa shape index (κ2) is 29.8. The predicted octanol–water partition coefficient (Wildman–Crippen LogP) is 22.6. The number of unbranched alkanes of at least 4 members (excludes halogenated alkanes) is 21. The molecule has 70 heavy (non-hydrogen) atoms. The van der Waals surface area contributed by atoms with E-state index in [1.54, 1.807) is 55.3 Å². The van der Waals surface area contributed by atoms with E-state index in [0.717, 1.165) is 0 Å². The van der Waals surface area contributed by atoms with Crippen molar-refractivity contribution in [2.45, 2.75) is 304 Å². The molecule has 10 heteroatoms. The Kier molecular flexibility index (Phi) is 26.0. The fourth-order valence-electron chi connectivity index (χ4n) is 13.4. The monoisotopic (exact) mass is 1190 g/mol. The number of hydrogen-bond acceptors (Lipinski definition) is 5. The molecule has 0 atom stereocenters. The van der Waals surface area contributed by atoms with Crippen LogP contribution in [0.2, 0.25) is 89.9 Å². The number of aryl methyl sites for hydroxylation is 2. The van der Waals surface area contributed by atoms with E-state index in [4.69, 9.17) is 0 Å². The molecule has 400 valence electrons. The van der Waals surface area contributed by atoms with Crippen molar-refractivity contribution in [2.75, 3.05) is 8.46 Å². The molecular formula is C60H112N2S3Si4Sn. The molecular weight excluding hydrogens is 1080 g/mol. The molecule has 2 bridgehead atoms. The molecule has 0 unspecified atom stereocenters. The van der Waals surface area contributed by atoms with E-state index in [-0.39, 0.29) is 0 Å². The van der Waals surface area contributed by atoms with E-state index >= 15 is 0 Å². The van der Waals surface area contributed by atoms with Crippen molar-refractivity contribution < 1.29 is 0 Å². The summed E-state index contributed by atoms with van der Waals surface area (Å²) in [6.07, 6.45) is 39.2. The third-order valence-corrected chi connectivity index (χ3v) is 59.3. The summed E-state index contributed by atoms with van der Waals surface area (Å²) in [7, 11) is -7.35. The Bertz CT molecular complexity index is 1890. The first-order chi connectivity index (χ1) is 33.5. The van der Waals surface area contributed by atoms with Gasteiger partial charge in [0.1, 0.15) is 0 Å². The summed E-state index contributed by atoms with van der Waals surface area (Å²) >= 11 is 4.16. The van der Waals surface area contributed by atoms with Crippen molar-refractivity contribution in [3.05, 3.63) is 28.6 Å². The molecule has 0 amide bonds. The molecule has 2 aliphatic rings. The van der Waals surface area contributed by atoms with E-state index < -0.39 is 51.3 Å². The molecule has 5 heterocycles. The number of anilines is 2. The SMILES string of the molecule is CCCCCCCCCCCCc1ccsc1-c1sc(-c2s[c]([Sn]([CH2]CCC)([CH2]CCC)[CH2]CCC)cc2CCCCCCCCCCCC)c2c1N1[Si](C)(C)CC[Si](C)(C)N2[Si](C)(C)CC[Si]1(C)C. The zero-order valence-electron chi connectivity index (χ0n) is 48.6. The third kappa shape index (κ3) is 16.4. The van der Waals surface area contributed by atoms with Gasteiger partial charge in [-0.2, -0.15) is 0 Å². The van der Waals surface area contributed by atoms with Crippen LogP contribution in [-0.2, 0) is 12.8 Å². The Labute approximate surface area is 456 Å². The van der Waals surface area contributed by atoms with Crippen LogP contribution < -0.4 is 11.4 Å². The second-order valence-electron chi connectivity index (χ2n) is 25.6. The Morgan fingerprint density at radius 1 is 0.400 bits per heavy atom. The Morgan fingerprint density at radius 3 is 1.13 bits per heavy atom. The van der Waals surface area contributed by atoms with Gasteiger partial charge in [0.25, 0.3) is 0 Å². The maximum absolute atomic E-state index is 3.39. The molecule has 3 aromatic heterocycles. The topological polar surface area (TPSA) is 6.48 Å². The number of hydrogen-bond donors (Lipinski definition) is 0. The number of nitrogens with zero attached hydrogens (tertiary/aromatic N) is 2. The van der Waals surface area contributed by atoms with Crippen LogP contribution in [-0.4, -0.2) is 51.3 Å². The van der Waals surface area contributed by atoms with Crippen molar-refractivity contribution in [3.8, 4) is 19.5 Å². The van der Waals surface area contributed by atoms with Crippen molar-refractivity contribution in [1.82, 2.24) is 0 Å². The molecule has 2 aliphatic heterocycles. The van der Waals surface area contributed by atoms with Crippen LogP contribution in [0.4, 0.5) is 11.4 Å². The van der Waals surface area contributed by atoms with Gasteiger partial charge in [0.05, 0.1) is 0 Å². The first-order valence-electron chi connectivity index (χ1n) is 30.5. The molecule has 3 aromatic rings. The van der Waals surface area contributed by atoms with Gasteiger partial charge in [0.2, 0.25) is 0 Å². The van der Waals surface area contributed by atoms with E-state index in [2.05, 4.69) is 147 Å². The fraction of sp³-hybridized carbons (Fsp3) is 0.800. The maximum atomic E-state index is 3.39. The zero-order chi connectivity index (χ0) is 50.8. The van der Waals surface area contributed by atoms with Crippen LogP contribution in [0.5, 0.6) is 0 Å². The molecule has 5 rings (SSSR count). The average Bonchev–Trinajstić information content (AvgIpc) is 4.06. The summed E-state index contributed by atoms with van der Waals surface area (Å²) < 4.78 is 13.5. The summed E-state index contributed by atoms with van der Waals surface area (Å²) in [5, 5.41) is 2.50. The Hall–Kier alpha value is 0.366.